The predicted molar refractivity (Wildman–Crippen MR) is 101 cm³/mol. The minimum Gasteiger partial charge on any atom is -0.421 e. The largest absolute Gasteiger partial charge is 0.421 e. The summed E-state index contributed by atoms with van der Waals surface area (Å²) >= 11 is 0. The number of ether oxygens (including phenoxy) is 1. The fourth-order valence-corrected chi connectivity index (χ4v) is 3.44. The van der Waals surface area contributed by atoms with Crippen molar-refractivity contribution in [2.45, 2.75) is 11.8 Å². The Balaban J connectivity index is 1.74. The van der Waals surface area contributed by atoms with Crippen LogP contribution in [0.3, 0.4) is 0 Å². The molecule has 4 rings (SSSR count). The van der Waals surface area contributed by atoms with E-state index in [9.17, 15) is 17.2 Å². The van der Waals surface area contributed by atoms with Crippen LogP contribution in [0.25, 0.3) is 22.3 Å². The van der Waals surface area contributed by atoms with Crippen LogP contribution in [-0.4, -0.2) is 34.8 Å². The molecule has 0 aliphatic carbocycles. The smallest absolute Gasteiger partial charge is 0.324 e. The Morgan fingerprint density at radius 3 is 2.62 bits per heavy atom. The number of rotatable bonds is 4. The topological polar surface area (TPSA) is 97.8 Å². The molecule has 0 radical (unpaired) electrons. The SMILES string of the molecule is Cc1ccc(S(C)(=O)=O)cc1-c1n[nH]c2nc(Oc3ccc(F)cc3F)ncc12. The van der Waals surface area contributed by atoms with Gasteiger partial charge in [0.25, 0.3) is 0 Å². The number of aromatic amines is 1. The summed E-state index contributed by atoms with van der Waals surface area (Å²) in [5.74, 6) is -1.83. The Kier molecular flexibility index (Phi) is 4.50. The van der Waals surface area contributed by atoms with Crippen molar-refractivity contribution >= 4 is 20.9 Å². The van der Waals surface area contributed by atoms with Gasteiger partial charge in [-0.1, -0.05) is 6.07 Å². The van der Waals surface area contributed by atoms with Gasteiger partial charge in [-0.2, -0.15) is 10.1 Å². The van der Waals surface area contributed by atoms with Crippen molar-refractivity contribution in [2.75, 3.05) is 6.26 Å². The molecule has 0 atom stereocenters. The van der Waals surface area contributed by atoms with E-state index in [0.29, 0.717) is 28.4 Å². The number of aromatic nitrogens is 4. The molecule has 0 aliphatic heterocycles. The van der Waals surface area contributed by atoms with Gasteiger partial charge in [-0.3, -0.25) is 5.10 Å². The van der Waals surface area contributed by atoms with Crippen LogP contribution in [0.4, 0.5) is 8.78 Å². The van der Waals surface area contributed by atoms with E-state index < -0.39 is 21.5 Å². The van der Waals surface area contributed by atoms with Gasteiger partial charge in [0, 0.05) is 24.1 Å². The second-order valence-electron chi connectivity index (χ2n) is 6.41. The van der Waals surface area contributed by atoms with E-state index in [4.69, 9.17) is 4.74 Å². The van der Waals surface area contributed by atoms with Crippen LogP contribution in [0.1, 0.15) is 5.56 Å². The zero-order chi connectivity index (χ0) is 20.8. The van der Waals surface area contributed by atoms with E-state index >= 15 is 0 Å². The second-order valence-corrected chi connectivity index (χ2v) is 8.43. The molecule has 29 heavy (non-hydrogen) atoms. The van der Waals surface area contributed by atoms with Crippen LogP contribution >= 0.6 is 0 Å². The van der Waals surface area contributed by atoms with Crippen molar-refractivity contribution in [1.82, 2.24) is 20.2 Å². The second kappa shape index (κ2) is 6.89. The van der Waals surface area contributed by atoms with Crippen LogP contribution in [0.15, 0.2) is 47.5 Å². The molecule has 2 heterocycles. The lowest BCUT2D eigenvalue weighted by atomic mass is 10.0. The van der Waals surface area contributed by atoms with Crippen molar-refractivity contribution in [2.24, 2.45) is 0 Å². The minimum atomic E-state index is -3.39. The highest BCUT2D eigenvalue weighted by Gasteiger charge is 2.17. The quantitative estimate of drug-likeness (QED) is 0.543. The number of halogens is 2. The number of sulfone groups is 1. The molecule has 0 spiro atoms. The molecule has 1 N–H and O–H groups in total. The number of hydrogen-bond donors (Lipinski definition) is 1. The Bertz CT molecular complexity index is 1350. The minimum absolute atomic E-state index is 0.153. The zero-order valence-corrected chi connectivity index (χ0v) is 16.1. The van der Waals surface area contributed by atoms with Gasteiger partial charge in [-0.15, -0.1) is 0 Å². The summed E-state index contributed by atoms with van der Waals surface area (Å²) in [6, 6.07) is 7.50. The van der Waals surface area contributed by atoms with Crippen LogP contribution in [0.5, 0.6) is 11.8 Å². The first-order valence-electron chi connectivity index (χ1n) is 8.37. The molecular weight excluding hydrogens is 402 g/mol. The molecule has 2 aromatic carbocycles. The van der Waals surface area contributed by atoms with Crippen molar-refractivity contribution < 1.29 is 21.9 Å². The predicted octanol–water partition coefficient (Wildman–Crippen LogP) is 3.80. The summed E-state index contributed by atoms with van der Waals surface area (Å²) < 4.78 is 55.8. The van der Waals surface area contributed by atoms with Crippen LogP contribution < -0.4 is 4.74 Å². The molecule has 0 unspecified atom stereocenters. The fourth-order valence-electron chi connectivity index (χ4n) is 2.79. The molecule has 2 aromatic heterocycles. The third-order valence-corrected chi connectivity index (χ3v) is 5.39. The molecule has 7 nitrogen and oxygen atoms in total. The monoisotopic (exact) mass is 416 g/mol. The van der Waals surface area contributed by atoms with E-state index in [1.54, 1.807) is 12.1 Å². The number of fused-ring (bicyclic) bond motifs is 1. The van der Waals surface area contributed by atoms with Gasteiger partial charge in [0.05, 0.1) is 10.3 Å². The highest BCUT2D eigenvalue weighted by atomic mass is 32.2. The summed E-state index contributed by atoms with van der Waals surface area (Å²) in [7, 11) is -3.39. The maximum Gasteiger partial charge on any atom is 0.324 e. The molecule has 148 valence electrons. The van der Waals surface area contributed by atoms with Crippen molar-refractivity contribution in [3.05, 3.63) is 59.8 Å². The number of aryl methyl sites for hydroxylation is 1. The normalized spacial score (nSPS) is 11.7. The van der Waals surface area contributed by atoms with Crippen LogP contribution in [-0.2, 0) is 9.84 Å². The van der Waals surface area contributed by atoms with E-state index in [2.05, 4.69) is 20.2 Å². The van der Waals surface area contributed by atoms with Gasteiger partial charge in [-0.05, 0) is 36.8 Å². The molecule has 0 amide bonds. The van der Waals surface area contributed by atoms with Crippen molar-refractivity contribution in [1.29, 1.82) is 0 Å². The lowest BCUT2D eigenvalue weighted by Gasteiger charge is -2.07. The lowest BCUT2D eigenvalue weighted by Crippen LogP contribution is -1.98. The standard InChI is InChI=1S/C19H14F2N4O3S/c1-10-3-5-12(29(2,26)27)8-13(10)17-14-9-22-19(23-18(14)25-24-17)28-16-6-4-11(20)7-15(16)21/h3-9H,1-2H3,(H,22,23,24,25). The summed E-state index contributed by atoms with van der Waals surface area (Å²) in [5, 5.41) is 7.50. The number of nitrogens with one attached hydrogen (secondary N) is 1. The zero-order valence-electron chi connectivity index (χ0n) is 15.3. The number of benzene rings is 2. The number of hydrogen-bond acceptors (Lipinski definition) is 6. The number of nitrogens with zero attached hydrogens (tertiary/aromatic N) is 3. The van der Waals surface area contributed by atoms with Gasteiger partial charge < -0.3 is 4.74 Å². The molecule has 10 heteroatoms. The summed E-state index contributed by atoms with van der Waals surface area (Å²) in [5.41, 5.74) is 2.22. The van der Waals surface area contributed by atoms with Gasteiger partial charge in [0.2, 0.25) is 0 Å². The molecule has 0 saturated heterocycles. The van der Waals surface area contributed by atoms with E-state index in [1.165, 1.54) is 12.3 Å². The maximum atomic E-state index is 13.8. The van der Waals surface area contributed by atoms with Gasteiger partial charge in [0.1, 0.15) is 11.5 Å². The molecular formula is C19H14F2N4O3S. The summed E-state index contributed by atoms with van der Waals surface area (Å²) in [6.45, 7) is 1.83. The van der Waals surface area contributed by atoms with Crippen molar-refractivity contribution in [3.63, 3.8) is 0 Å². The Morgan fingerprint density at radius 2 is 1.90 bits per heavy atom. The third kappa shape index (κ3) is 3.66. The average molecular weight is 416 g/mol. The molecule has 0 saturated carbocycles. The first-order chi connectivity index (χ1) is 13.7. The lowest BCUT2D eigenvalue weighted by molar-refractivity contribution is 0.409. The van der Waals surface area contributed by atoms with E-state index in [-0.39, 0.29) is 16.7 Å². The first kappa shape index (κ1) is 18.9. The van der Waals surface area contributed by atoms with Gasteiger partial charge in [-0.25, -0.2) is 22.2 Å². The molecule has 0 fully saturated rings. The Hall–Kier alpha value is -3.40. The van der Waals surface area contributed by atoms with Crippen molar-refractivity contribution in [3.8, 4) is 23.0 Å². The fraction of sp³-hybridized carbons (Fsp3) is 0.105. The Labute approximate surface area is 164 Å². The highest BCUT2D eigenvalue weighted by Crippen LogP contribution is 2.31. The summed E-state index contributed by atoms with van der Waals surface area (Å²) in [6.07, 6.45) is 2.57. The van der Waals surface area contributed by atoms with E-state index in [0.717, 1.165) is 24.0 Å². The number of H-pyrrole nitrogens is 1. The third-order valence-electron chi connectivity index (χ3n) is 4.28. The first-order valence-corrected chi connectivity index (χ1v) is 10.3. The van der Waals surface area contributed by atoms with E-state index in [1.807, 2.05) is 6.92 Å². The maximum absolute atomic E-state index is 13.8. The van der Waals surface area contributed by atoms with Crippen LogP contribution in [0.2, 0.25) is 0 Å². The Morgan fingerprint density at radius 1 is 1.10 bits per heavy atom. The molecule has 0 bridgehead atoms. The molecule has 0 aliphatic rings. The summed E-state index contributed by atoms with van der Waals surface area (Å²) in [4.78, 5) is 8.37. The average Bonchev–Trinajstić information content (AvgIpc) is 3.06. The van der Waals surface area contributed by atoms with Gasteiger partial charge >= 0.3 is 6.01 Å². The highest BCUT2D eigenvalue weighted by molar-refractivity contribution is 7.90. The van der Waals surface area contributed by atoms with Gasteiger partial charge in [0.15, 0.2) is 27.1 Å². The van der Waals surface area contributed by atoms with Crippen LogP contribution in [0, 0.1) is 18.6 Å². The molecule has 4 aromatic rings.